The maximum atomic E-state index is 12.1. The molecule has 0 unspecified atom stereocenters. The van der Waals surface area contributed by atoms with Gasteiger partial charge in [-0.3, -0.25) is 4.79 Å². The Hall–Kier alpha value is -2.56. The largest absolute Gasteiger partial charge is 0.506 e. The molecule has 86 valence electrons. The maximum Gasteiger partial charge on any atom is 0.197 e. The maximum absolute atomic E-state index is 12.1. The number of benzene rings is 1. The predicted octanol–water partition coefficient (Wildman–Crippen LogP) is 2.69. The second-order valence-electron chi connectivity index (χ2n) is 3.51. The monoisotopic (exact) mass is 256 g/mol. The van der Waals surface area contributed by atoms with Gasteiger partial charge >= 0.3 is 0 Å². The Morgan fingerprint density at radius 3 is 2.28 bits per heavy atom. The van der Waals surface area contributed by atoms with Crippen molar-refractivity contribution in [3.8, 4) is 12.1 Å². The number of carbonyl (C=O) groups is 1. The first kappa shape index (κ1) is 11.9. The van der Waals surface area contributed by atoms with Gasteiger partial charge in [-0.25, -0.2) is 0 Å². The first-order valence-corrected chi connectivity index (χ1v) is 5.27. The molecule has 18 heavy (non-hydrogen) atoms. The Morgan fingerprint density at radius 2 is 1.72 bits per heavy atom. The number of ketones is 1. The highest BCUT2D eigenvalue weighted by Crippen LogP contribution is 2.36. The van der Waals surface area contributed by atoms with Crippen LogP contribution in [0.15, 0.2) is 40.4 Å². The Morgan fingerprint density at radius 1 is 1.17 bits per heavy atom. The fourth-order valence-electron chi connectivity index (χ4n) is 1.72. The first-order valence-electron chi connectivity index (χ1n) is 4.89. The summed E-state index contributed by atoms with van der Waals surface area (Å²) in [4.78, 5) is 12.1. The number of allylic oxidation sites excluding steroid dienone is 3. The van der Waals surface area contributed by atoms with Crippen molar-refractivity contribution in [3.05, 3.63) is 51.6 Å². The third-order valence-electron chi connectivity index (χ3n) is 2.55. The van der Waals surface area contributed by atoms with Crippen molar-refractivity contribution in [1.29, 1.82) is 10.5 Å². The van der Waals surface area contributed by atoms with E-state index in [9.17, 15) is 9.90 Å². The van der Waals surface area contributed by atoms with Crippen molar-refractivity contribution in [2.75, 3.05) is 0 Å². The fraction of sp³-hybridized carbons (Fsp3) is 0. The van der Waals surface area contributed by atoms with Crippen molar-refractivity contribution in [2.45, 2.75) is 0 Å². The molecule has 1 aromatic carbocycles. The SMILES string of the molecule is N#CC(C#N)=C1C(=O)c2ccccc2C(O)=C1Cl. The van der Waals surface area contributed by atoms with Crippen LogP contribution in [0.5, 0.6) is 0 Å². The van der Waals surface area contributed by atoms with E-state index in [0.717, 1.165) is 0 Å². The van der Waals surface area contributed by atoms with E-state index in [2.05, 4.69) is 0 Å². The van der Waals surface area contributed by atoms with Crippen molar-refractivity contribution in [3.63, 3.8) is 0 Å². The minimum atomic E-state index is -0.536. The highest BCUT2D eigenvalue weighted by atomic mass is 35.5. The number of hydrogen-bond donors (Lipinski definition) is 1. The van der Waals surface area contributed by atoms with Crippen LogP contribution >= 0.6 is 11.6 Å². The standard InChI is InChI=1S/C13H5ClN2O2/c14-11-10(7(5-15)6-16)12(17)8-3-1-2-4-9(8)13(11)18/h1-4,18H. The molecule has 0 aliphatic heterocycles. The minimum absolute atomic E-state index is 0.220. The molecule has 2 rings (SSSR count). The molecular formula is C13H5ClN2O2. The topological polar surface area (TPSA) is 84.9 Å². The molecule has 0 atom stereocenters. The quantitative estimate of drug-likeness (QED) is 0.571. The second-order valence-corrected chi connectivity index (χ2v) is 3.89. The summed E-state index contributed by atoms with van der Waals surface area (Å²) in [7, 11) is 0. The number of carbonyl (C=O) groups excluding carboxylic acids is 1. The van der Waals surface area contributed by atoms with Crippen LogP contribution in [-0.2, 0) is 0 Å². The Bertz CT molecular complexity index is 686. The Kier molecular flexibility index (Phi) is 2.89. The van der Waals surface area contributed by atoms with Crippen LogP contribution in [-0.4, -0.2) is 10.9 Å². The Balaban J connectivity index is 2.85. The normalized spacial score (nSPS) is 13.7. The fourth-order valence-corrected chi connectivity index (χ4v) is 2.00. The summed E-state index contributed by atoms with van der Waals surface area (Å²) in [6.07, 6.45) is 0. The lowest BCUT2D eigenvalue weighted by atomic mass is 9.89. The molecular weight excluding hydrogens is 252 g/mol. The van der Waals surface area contributed by atoms with Crippen LogP contribution < -0.4 is 0 Å². The zero-order valence-corrected chi connectivity index (χ0v) is 9.69. The molecule has 1 aromatic rings. The highest BCUT2D eigenvalue weighted by Gasteiger charge is 2.31. The summed E-state index contributed by atoms with van der Waals surface area (Å²) in [6.45, 7) is 0. The van der Waals surface area contributed by atoms with Gasteiger partial charge in [0.2, 0.25) is 0 Å². The van der Waals surface area contributed by atoms with Gasteiger partial charge < -0.3 is 5.11 Å². The lowest BCUT2D eigenvalue weighted by Crippen LogP contribution is -2.15. The zero-order chi connectivity index (χ0) is 13.3. The average molecular weight is 257 g/mol. The summed E-state index contributed by atoms with van der Waals surface area (Å²) in [5.74, 6) is -0.837. The highest BCUT2D eigenvalue weighted by molar-refractivity contribution is 6.41. The number of nitrogens with zero attached hydrogens (tertiary/aromatic N) is 2. The molecule has 0 amide bonds. The molecule has 1 aliphatic carbocycles. The van der Waals surface area contributed by atoms with Crippen LogP contribution in [0, 0.1) is 22.7 Å². The van der Waals surface area contributed by atoms with Gasteiger partial charge in [0.05, 0.1) is 10.6 Å². The van der Waals surface area contributed by atoms with E-state index in [-0.39, 0.29) is 21.9 Å². The van der Waals surface area contributed by atoms with Gasteiger partial charge in [0, 0.05) is 11.1 Å². The number of rotatable bonds is 0. The number of aliphatic hydroxyl groups is 1. The van der Waals surface area contributed by atoms with Gasteiger partial charge in [0.15, 0.2) is 5.78 Å². The number of hydrogen-bond acceptors (Lipinski definition) is 4. The molecule has 0 bridgehead atoms. The Labute approximate surface area is 108 Å². The number of Topliss-reactive ketones (excluding diaryl/α,β-unsaturated/α-hetero) is 1. The molecule has 0 radical (unpaired) electrons. The number of halogens is 1. The van der Waals surface area contributed by atoms with E-state index in [1.807, 2.05) is 0 Å². The van der Waals surface area contributed by atoms with Gasteiger partial charge in [0.1, 0.15) is 23.5 Å². The zero-order valence-electron chi connectivity index (χ0n) is 8.94. The lowest BCUT2D eigenvalue weighted by molar-refractivity contribution is 0.103. The molecule has 5 heteroatoms. The molecule has 4 nitrogen and oxygen atoms in total. The third kappa shape index (κ3) is 1.57. The van der Waals surface area contributed by atoms with Gasteiger partial charge in [-0.2, -0.15) is 10.5 Å². The van der Waals surface area contributed by atoms with Crippen molar-refractivity contribution >= 4 is 23.1 Å². The summed E-state index contributed by atoms with van der Waals surface area (Å²) < 4.78 is 0. The van der Waals surface area contributed by atoms with E-state index < -0.39 is 11.4 Å². The lowest BCUT2D eigenvalue weighted by Gasteiger charge is -2.17. The smallest absolute Gasteiger partial charge is 0.197 e. The second kappa shape index (κ2) is 4.37. The summed E-state index contributed by atoms with van der Waals surface area (Å²) in [5, 5.41) is 27.2. The average Bonchev–Trinajstić information content (AvgIpc) is 2.41. The minimum Gasteiger partial charge on any atom is -0.506 e. The van der Waals surface area contributed by atoms with Gasteiger partial charge in [-0.05, 0) is 0 Å². The molecule has 0 heterocycles. The van der Waals surface area contributed by atoms with Crippen molar-refractivity contribution in [1.82, 2.24) is 0 Å². The first-order chi connectivity index (χ1) is 8.61. The van der Waals surface area contributed by atoms with E-state index in [4.69, 9.17) is 22.1 Å². The molecule has 1 N–H and O–H groups in total. The van der Waals surface area contributed by atoms with Crippen LogP contribution in [0.3, 0.4) is 0 Å². The van der Waals surface area contributed by atoms with Crippen LogP contribution in [0.1, 0.15) is 15.9 Å². The van der Waals surface area contributed by atoms with Crippen LogP contribution in [0.4, 0.5) is 0 Å². The number of nitriles is 2. The molecule has 0 saturated carbocycles. The van der Waals surface area contributed by atoms with Gasteiger partial charge in [-0.15, -0.1) is 0 Å². The van der Waals surface area contributed by atoms with Crippen LogP contribution in [0.2, 0.25) is 0 Å². The molecule has 0 saturated heterocycles. The third-order valence-corrected chi connectivity index (χ3v) is 2.92. The van der Waals surface area contributed by atoms with Gasteiger partial charge in [0.25, 0.3) is 0 Å². The molecule has 0 spiro atoms. The van der Waals surface area contributed by atoms with E-state index >= 15 is 0 Å². The van der Waals surface area contributed by atoms with Crippen molar-refractivity contribution in [2.24, 2.45) is 0 Å². The molecule has 0 fully saturated rings. The number of fused-ring (bicyclic) bond motifs is 1. The summed E-state index contributed by atoms with van der Waals surface area (Å²) >= 11 is 5.86. The van der Waals surface area contributed by atoms with Crippen molar-refractivity contribution < 1.29 is 9.90 Å². The van der Waals surface area contributed by atoms with Gasteiger partial charge in [-0.1, -0.05) is 35.9 Å². The molecule has 1 aliphatic rings. The van der Waals surface area contributed by atoms with E-state index in [1.54, 1.807) is 30.3 Å². The van der Waals surface area contributed by atoms with Crippen LogP contribution in [0.25, 0.3) is 5.76 Å². The number of aliphatic hydroxyl groups excluding tert-OH is 1. The van der Waals surface area contributed by atoms with E-state index in [1.165, 1.54) is 6.07 Å². The summed E-state index contributed by atoms with van der Waals surface area (Å²) in [6, 6.07) is 9.52. The summed E-state index contributed by atoms with van der Waals surface area (Å²) in [5.41, 5.74) is -0.146. The predicted molar refractivity (Wildman–Crippen MR) is 64.4 cm³/mol. The van der Waals surface area contributed by atoms with E-state index in [0.29, 0.717) is 5.56 Å². The molecule has 0 aromatic heterocycles.